The second-order valence-electron chi connectivity index (χ2n) is 4.83. The molecule has 0 saturated carbocycles. The lowest BCUT2D eigenvalue weighted by atomic mass is 10.3. The van der Waals surface area contributed by atoms with Crippen molar-refractivity contribution in [3.05, 3.63) is 47.5 Å². The topological polar surface area (TPSA) is 64.4 Å². The van der Waals surface area contributed by atoms with Crippen LogP contribution in [0, 0.1) is 0 Å². The Hall–Kier alpha value is -2.32. The van der Waals surface area contributed by atoms with E-state index >= 15 is 0 Å². The number of rotatable bonds is 6. The number of amides is 1. The van der Waals surface area contributed by atoms with Gasteiger partial charge in [-0.05, 0) is 36.4 Å². The summed E-state index contributed by atoms with van der Waals surface area (Å²) in [5.41, 5.74) is 1.67. The molecule has 0 radical (unpaired) electrons. The van der Waals surface area contributed by atoms with Crippen LogP contribution in [0.3, 0.4) is 0 Å². The van der Waals surface area contributed by atoms with Crippen LogP contribution >= 0.6 is 23.4 Å². The molecule has 5 nitrogen and oxygen atoms in total. The molecular weight excluding hydrogens is 374 g/mol. The van der Waals surface area contributed by atoms with Gasteiger partial charge in [-0.1, -0.05) is 23.4 Å². The fraction of sp³-hybridized carbons (Fsp3) is 0.125. The van der Waals surface area contributed by atoms with Crippen molar-refractivity contribution in [1.29, 1.82) is 0 Å². The SMILES string of the molecule is O=C(CSc1nc2ccc(Cl)cc2o1)Nc1ccc(OC(F)F)cc1. The Balaban J connectivity index is 1.55. The number of alkyl halides is 2. The van der Waals surface area contributed by atoms with Crippen molar-refractivity contribution in [2.24, 2.45) is 0 Å². The molecule has 1 heterocycles. The Morgan fingerprint density at radius 2 is 2.04 bits per heavy atom. The lowest BCUT2D eigenvalue weighted by Gasteiger charge is -2.07. The highest BCUT2D eigenvalue weighted by Crippen LogP contribution is 2.26. The standard InChI is InChI=1S/C16H11ClF2N2O3S/c17-9-1-6-12-13(7-9)24-16(21-12)25-8-14(22)20-10-2-4-11(5-3-10)23-15(18)19/h1-7,15H,8H2,(H,20,22). The molecule has 0 spiro atoms. The Morgan fingerprint density at radius 3 is 2.76 bits per heavy atom. The first-order valence-corrected chi connectivity index (χ1v) is 8.39. The van der Waals surface area contributed by atoms with Crippen LogP contribution in [0.5, 0.6) is 5.75 Å². The second-order valence-corrected chi connectivity index (χ2v) is 6.19. The average molecular weight is 385 g/mol. The highest BCUT2D eigenvalue weighted by Gasteiger charge is 2.10. The molecule has 9 heteroatoms. The van der Waals surface area contributed by atoms with Crippen LogP contribution in [-0.4, -0.2) is 23.3 Å². The number of oxazole rings is 1. The summed E-state index contributed by atoms with van der Waals surface area (Å²) in [6.45, 7) is -2.89. The number of halogens is 3. The van der Waals surface area contributed by atoms with Gasteiger partial charge in [-0.3, -0.25) is 4.79 Å². The Bertz CT molecular complexity index is 887. The maximum Gasteiger partial charge on any atom is 0.387 e. The molecule has 0 saturated heterocycles. The first kappa shape index (κ1) is 17.5. The van der Waals surface area contributed by atoms with Crippen LogP contribution in [0.15, 0.2) is 52.1 Å². The Morgan fingerprint density at radius 1 is 1.28 bits per heavy atom. The Kier molecular flexibility index (Phi) is 5.40. The summed E-state index contributed by atoms with van der Waals surface area (Å²) < 4.78 is 33.9. The normalized spacial score (nSPS) is 11.0. The zero-order chi connectivity index (χ0) is 17.8. The number of fused-ring (bicyclic) bond motifs is 1. The number of hydrogen-bond acceptors (Lipinski definition) is 5. The van der Waals surface area contributed by atoms with Crippen molar-refractivity contribution >= 4 is 46.1 Å². The molecule has 0 unspecified atom stereocenters. The van der Waals surface area contributed by atoms with Crippen molar-refractivity contribution in [3.8, 4) is 5.75 Å². The molecule has 0 fully saturated rings. The van der Waals surface area contributed by atoms with E-state index in [1.807, 2.05) is 0 Å². The summed E-state index contributed by atoms with van der Waals surface area (Å²) in [7, 11) is 0. The van der Waals surface area contributed by atoms with Crippen molar-refractivity contribution in [2.45, 2.75) is 11.8 Å². The van der Waals surface area contributed by atoms with Gasteiger partial charge in [-0.25, -0.2) is 4.98 Å². The molecule has 130 valence electrons. The number of thioether (sulfide) groups is 1. The fourth-order valence-corrected chi connectivity index (χ4v) is 2.78. The van der Waals surface area contributed by atoms with Gasteiger partial charge < -0.3 is 14.5 Å². The van der Waals surface area contributed by atoms with Gasteiger partial charge >= 0.3 is 6.61 Å². The largest absolute Gasteiger partial charge is 0.435 e. The molecular formula is C16H11ClF2N2O3S. The van der Waals surface area contributed by atoms with Gasteiger partial charge in [-0.2, -0.15) is 8.78 Å². The maximum absolute atomic E-state index is 12.1. The number of nitrogens with zero attached hydrogens (tertiary/aromatic N) is 1. The minimum absolute atomic E-state index is 0.0208. The fourth-order valence-electron chi connectivity index (χ4n) is 1.98. The number of carbonyl (C=O) groups excluding carboxylic acids is 1. The number of hydrogen-bond donors (Lipinski definition) is 1. The summed E-state index contributed by atoms with van der Waals surface area (Å²) in [6.07, 6.45) is 0. The second kappa shape index (κ2) is 7.71. The summed E-state index contributed by atoms with van der Waals surface area (Å²) in [5.74, 6) is -0.184. The van der Waals surface area contributed by atoms with Crippen molar-refractivity contribution in [1.82, 2.24) is 4.98 Å². The van der Waals surface area contributed by atoms with Gasteiger partial charge in [-0.15, -0.1) is 0 Å². The highest BCUT2D eigenvalue weighted by atomic mass is 35.5. The van der Waals surface area contributed by atoms with Crippen molar-refractivity contribution in [3.63, 3.8) is 0 Å². The molecule has 0 aliphatic heterocycles. The van der Waals surface area contributed by atoms with Gasteiger partial charge in [0.2, 0.25) is 5.91 Å². The number of carbonyl (C=O) groups is 1. The molecule has 0 aliphatic rings. The van der Waals surface area contributed by atoms with Crippen LogP contribution in [0.25, 0.3) is 11.1 Å². The third kappa shape index (κ3) is 4.83. The lowest BCUT2D eigenvalue weighted by Crippen LogP contribution is -2.14. The predicted octanol–water partition coefficient (Wildman–Crippen LogP) is 4.81. The summed E-state index contributed by atoms with van der Waals surface area (Å²) in [4.78, 5) is 16.2. The lowest BCUT2D eigenvalue weighted by molar-refractivity contribution is -0.113. The molecule has 1 aromatic heterocycles. The van der Waals surface area contributed by atoms with E-state index < -0.39 is 6.61 Å². The molecule has 3 rings (SSSR count). The minimum Gasteiger partial charge on any atom is -0.435 e. The van der Waals surface area contributed by atoms with Crippen LogP contribution in [0.2, 0.25) is 5.02 Å². The number of ether oxygens (including phenoxy) is 1. The van der Waals surface area contributed by atoms with Crippen LogP contribution in [-0.2, 0) is 4.79 Å². The summed E-state index contributed by atoms with van der Waals surface area (Å²) >= 11 is 7.01. The van der Waals surface area contributed by atoms with Gasteiger partial charge in [0.25, 0.3) is 5.22 Å². The van der Waals surface area contributed by atoms with Crippen molar-refractivity contribution in [2.75, 3.05) is 11.1 Å². The highest BCUT2D eigenvalue weighted by molar-refractivity contribution is 7.99. The molecule has 0 bridgehead atoms. The Labute approximate surface area is 150 Å². The first-order chi connectivity index (χ1) is 12.0. The van der Waals surface area contributed by atoms with E-state index in [0.717, 1.165) is 11.8 Å². The van der Waals surface area contributed by atoms with E-state index in [0.29, 0.717) is 27.0 Å². The van der Waals surface area contributed by atoms with Gasteiger partial charge in [0.05, 0.1) is 5.75 Å². The minimum atomic E-state index is -2.89. The summed E-state index contributed by atoms with van der Waals surface area (Å²) in [5, 5.41) is 3.54. The number of anilines is 1. The van der Waals surface area contributed by atoms with Gasteiger partial charge in [0.15, 0.2) is 5.58 Å². The van der Waals surface area contributed by atoms with Gasteiger partial charge in [0.1, 0.15) is 11.3 Å². The monoisotopic (exact) mass is 384 g/mol. The van der Waals surface area contributed by atoms with E-state index in [9.17, 15) is 13.6 Å². The zero-order valence-electron chi connectivity index (χ0n) is 12.5. The molecule has 1 amide bonds. The number of nitrogens with one attached hydrogen (secondary N) is 1. The van der Waals surface area contributed by atoms with E-state index in [1.165, 1.54) is 24.3 Å². The van der Waals surface area contributed by atoms with E-state index in [-0.39, 0.29) is 17.4 Å². The third-order valence-corrected chi connectivity index (χ3v) is 4.08. The summed E-state index contributed by atoms with van der Waals surface area (Å²) in [6, 6.07) is 10.7. The smallest absolute Gasteiger partial charge is 0.387 e. The average Bonchev–Trinajstić information content (AvgIpc) is 2.96. The predicted molar refractivity (Wildman–Crippen MR) is 91.4 cm³/mol. The van der Waals surface area contributed by atoms with E-state index in [1.54, 1.807) is 18.2 Å². The first-order valence-electron chi connectivity index (χ1n) is 7.03. The molecule has 0 atom stereocenters. The maximum atomic E-state index is 12.1. The van der Waals surface area contributed by atoms with E-state index in [2.05, 4.69) is 15.0 Å². The van der Waals surface area contributed by atoms with Gasteiger partial charge in [0, 0.05) is 16.8 Å². The zero-order valence-corrected chi connectivity index (χ0v) is 14.1. The van der Waals surface area contributed by atoms with Crippen molar-refractivity contribution < 1.29 is 22.7 Å². The molecule has 25 heavy (non-hydrogen) atoms. The molecule has 3 aromatic rings. The van der Waals surface area contributed by atoms with Crippen LogP contribution in [0.4, 0.5) is 14.5 Å². The van der Waals surface area contributed by atoms with Crippen LogP contribution in [0.1, 0.15) is 0 Å². The van der Waals surface area contributed by atoms with E-state index in [4.69, 9.17) is 16.0 Å². The third-order valence-electron chi connectivity index (χ3n) is 3.02. The quantitative estimate of drug-likeness (QED) is 0.618. The molecule has 0 aliphatic carbocycles. The number of benzene rings is 2. The molecule has 1 N–H and O–H groups in total. The molecule has 2 aromatic carbocycles. The number of aromatic nitrogens is 1. The van der Waals surface area contributed by atoms with Crippen LogP contribution < -0.4 is 10.1 Å².